The summed E-state index contributed by atoms with van der Waals surface area (Å²) in [4.78, 5) is 28.9. The number of hydrogen-bond donors (Lipinski definition) is 0. The first-order valence-corrected chi connectivity index (χ1v) is 9.18. The van der Waals surface area contributed by atoms with Gasteiger partial charge in [0, 0.05) is 51.2 Å². The third-order valence-corrected chi connectivity index (χ3v) is 4.96. The fraction of sp³-hybridized carbons (Fsp3) is 0.400. The predicted octanol–water partition coefficient (Wildman–Crippen LogP) is 1.32. The van der Waals surface area contributed by atoms with Crippen molar-refractivity contribution in [1.29, 1.82) is 0 Å². The van der Waals surface area contributed by atoms with Gasteiger partial charge in [-0.05, 0) is 29.8 Å². The summed E-state index contributed by atoms with van der Waals surface area (Å²) < 4.78 is 13.0. The van der Waals surface area contributed by atoms with Gasteiger partial charge in [-0.1, -0.05) is 0 Å². The molecule has 3 heterocycles. The molecule has 0 bridgehead atoms. The molecule has 1 aromatic carbocycles. The Kier molecular flexibility index (Phi) is 4.75. The van der Waals surface area contributed by atoms with Crippen LogP contribution >= 0.6 is 0 Å². The third-order valence-electron chi connectivity index (χ3n) is 4.96. The van der Waals surface area contributed by atoms with E-state index in [9.17, 15) is 9.59 Å². The molecule has 142 valence electrons. The van der Waals surface area contributed by atoms with Crippen molar-refractivity contribution in [3.8, 4) is 11.5 Å². The number of piperazine rings is 1. The topological polar surface area (TPSA) is 64.0 Å². The third kappa shape index (κ3) is 3.77. The fourth-order valence-electron chi connectivity index (χ4n) is 3.47. The van der Waals surface area contributed by atoms with Crippen LogP contribution in [0.15, 0.2) is 36.7 Å². The molecule has 2 aromatic rings. The van der Waals surface area contributed by atoms with Crippen molar-refractivity contribution in [2.45, 2.75) is 6.42 Å². The maximum Gasteiger partial charge on any atom is 0.254 e. The summed E-state index contributed by atoms with van der Waals surface area (Å²) >= 11 is 0. The van der Waals surface area contributed by atoms with Crippen LogP contribution in [0.2, 0.25) is 0 Å². The summed E-state index contributed by atoms with van der Waals surface area (Å²) in [7, 11) is 1.94. The van der Waals surface area contributed by atoms with E-state index < -0.39 is 0 Å². The Balaban J connectivity index is 1.34. The Labute approximate surface area is 158 Å². The van der Waals surface area contributed by atoms with E-state index in [-0.39, 0.29) is 11.8 Å². The molecule has 0 N–H and O–H groups in total. The lowest BCUT2D eigenvalue weighted by molar-refractivity contribution is -0.131. The molecule has 7 nitrogen and oxygen atoms in total. The first-order valence-electron chi connectivity index (χ1n) is 9.18. The van der Waals surface area contributed by atoms with Gasteiger partial charge in [0.25, 0.3) is 5.91 Å². The van der Waals surface area contributed by atoms with E-state index in [1.165, 1.54) is 0 Å². The first kappa shape index (κ1) is 17.5. The summed E-state index contributed by atoms with van der Waals surface area (Å²) in [5.74, 6) is 1.35. The highest BCUT2D eigenvalue weighted by atomic mass is 16.6. The normalized spacial score (nSPS) is 16.3. The highest BCUT2D eigenvalue weighted by Crippen LogP contribution is 2.31. The summed E-state index contributed by atoms with van der Waals surface area (Å²) in [6, 6.07) is 7.24. The molecular weight excluding hydrogens is 346 g/mol. The zero-order chi connectivity index (χ0) is 18.8. The van der Waals surface area contributed by atoms with Crippen molar-refractivity contribution < 1.29 is 19.1 Å². The molecule has 2 aliphatic rings. The minimum Gasteiger partial charge on any atom is -0.486 e. The van der Waals surface area contributed by atoms with Crippen LogP contribution in [-0.2, 0) is 18.3 Å². The Bertz CT molecular complexity index is 853. The van der Waals surface area contributed by atoms with E-state index in [0.29, 0.717) is 62.9 Å². The fourth-order valence-corrected chi connectivity index (χ4v) is 3.47. The number of fused-ring (bicyclic) bond motifs is 1. The summed E-state index contributed by atoms with van der Waals surface area (Å²) in [5.41, 5.74) is 1.60. The monoisotopic (exact) mass is 369 g/mol. The summed E-state index contributed by atoms with van der Waals surface area (Å²) in [5, 5.41) is 0. The number of benzene rings is 1. The van der Waals surface area contributed by atoms with Crippen LogP contribution in [0, 0.1) is 0 Å². The van der Waals surface area contributed by atoms with Gasteiger partial charge >= 0.3 is 0 Å². The van der Waals surface area contributed by atoms with Gasteiger partial charge in [0.05, 0.1) is 6.42 Å². The van der Waals surface area contributed by atoms with Gasteiger partial charge in [0.15, 0.2) is 11.5 Å². The van der Waals surface area contributed by atoms with Gasteiger partial charge < -0.3 is 23.8 Å². The van der Waals surface area contributed by atoms with Gasteiger partial charge in [0.2, 0.25) is 5.91 Å². The van der Waals surface area contributed by atoms with E-state index in [2.05, 4.69) is 0 Å². The van der Waals surface area contributed by atoms with Gasteiger partial charge in [-0.2, -0.15) is 0 Å². The van der Waals surface area contributed by atoms with Crippen molar-refractivity contribution in [3.63, 3.8) is 0 Å². The second-order valence-corrected chi connectivity index (χ2v) is 6.89. The van der Waals surface area contributed by atoms with Crippen molar-refractivity contribution in [3.05, 3.63) is 47.8 Å². The minimum atomic E-state index is -0.0397. The zero-order valence-corrected chi connectivity index (χ0v) is 15.4. The lowest BCUT2D eigenvalue weighted by Crippen LogP contribution is -2.51. The van der Waals surface area contributed by atoms with Crippen LogP contribution in [0.25, 0.3) is 0 Å². The molecule has 0 saturated carbocycles. The Morgan fingerprint density at radius 1 is 0.963 bits per heavy atom. The van der Waals surface area contributed by atoms with Crippen LogP contribution in [0.3, 0.4) is 0 Å². The molecule has 0 aliphatic carbocycles. The lowest BCUT2D eigenvalue weighted by Gasteiger charge is -2.35. The standard InChI is InChI=1S/C20H23N3O4/c1-21-5-4-15(14-21)12-19(24)22-6-8-23(9-7-22)20(25)16-2-3-17-18(13-16)27-11-10-26-17/h2-5,13-14H,6-12H2,1H3. The van der Waals surface area contributed by atoms with Crippen LogP contribution in [-0.4, -0.2) is 65.6 Å². The minimum absolute atomic E-state index is 0.0397. The van der Waals surface area contributed by atoms with Gasteiger partial charge in [-0.3, -0.25) is 9.59 Å². The molecule has 2 aliphatic heterocycles. The smallest absolute Gasteiger partial charge is 0.254 e. The second kappa shape index (κ2) is 7.34. The van der Waals surface area contributed by atoms with E-state index in [0.717, 1.165) is 5.56 Å². The lowest BCUT2D eigenvalue weighted by atomic mass is 10.1. The average molecular weight is 369 g/mol. The number of aryl methyl sites for hydroxylation is 1. The number of carbonyl (C=O) groups is 2. The zero-order valence-electron chi connectivity index (χ0n) is 15.4. The Morgan fingerprint density at radius 3 is 2.37 bits per heavy atom. The predicted molar refractivity (Wildman–Crippen MR) is 99.0 cm³/mol. The van der Waals surface area contributed by atoms with Gasteiger partial charge in [-0.15, -0.1) is 0 Å². The van der Waals surface area contributed by atoms with Crippen molar-refractivity contribution in [2.75, 3.05) is 39.4 Å². The van der Waals surface area contributed by atoms with Gasteiger partial charge in [-0.25, -0.2) is 0 Å². The van der Waals surface area contributed by atoms with Crippen LogP contribution in [0.5, 0.6) is 11.5 Å². The number of aromatic nitrogens is 1. The largest absolute Gasteiger partial charge is 0.486 e. The Morgan fingerprint density at radius 2 is 1.67 bits per heavy atom. The Hall–Kier alpha value is -2.96. The number of rotatable bonds is 3. The SMILES string of the molecule is Cn1ccc(CC(=O)N2CCN(C(=O)c3ccc4c(c3)OCCO4)CC2)c1. The maximum atomic E-state index is 12.8. The number of nitrogens with zero attached hydrogens (tertiary/aromatic N) is 3. The molecule has 0 atom stereocenters. The van der Waals surface area contributed by atoms with Gasteiger partial charge in [0.1, 0.15) is 13.2 Å². The number of amides is 2. The number of hydrogen-bond acceptors (Lipinski definition) is 4. The average Bonchev–Trinajstić information content (AvgIpc) is 3.11. The molecule has 0 unspecified atom stereocenters. The van der Waals surface area contributed by atoms with Crippen LogP contribution < -0.4 is 9.47 Å². The number of ether oxygens (including phenoxy) is 2. The highest BCUT2D eigenvalue weighted by Gasteiger charge is 2.26. The number of carbonyl (C=O) groups excluding carboxylic acids is 2. The maximum absolute atomic E-state index is 12.8. The first-order chi connectivity index (χ1) is 13.1. The van der Waals surface area contributed by atoms with E-state index in [1.807, 2.05) is 35.0 Å². The highest BCUT2D eigenvalue weighted by molar-refractivity contribution is 5.95. The van der Waals surface area contributed by atoms with Crippen LogP contribution in [0.4, 0.5) is 0 Å². The molecule has 27 heavy (non-hydrogen) atoms. The quantitative estimate of drug-likeness (QED) is 0.819. The molecule has 1 saturated heterocycles. The molecule has 1 aromatic heterocycles. The summed E-state index contributed by atoms with van der Waals surface area (Å²) in [6.45, 7) is 3.21. The van der Waals surface area contributed by atoms with Crippen molar-refractivity contribution in [2.24, 2.45) is 7.05 Å². The van der Waals surface area contributed by atoms with Crippen LogP contribution in [0.1, 0.15) is 15.9 Å². The molecular formula is C20H23N3O4. The molecule has 2 amide bonds. The molecule has 1 fully saturated rings. The summed E-state index contributed by atoms with van der Waals surface area (Å²) in [6.07, 6.45) is 4.29. The van der Waals surface area contributed by atoms with Crippen molar-refractivity contribution >= 4 is 11.8 Å². The second-order valence-electron chi connectivity index (χ2n) is 6.89. The molecule has 0 radical (unpaired) electrons. The van der Waals surface area contributed by atoms with E-state index in [1.54, 1.807) is 23.1 Å². The van der Waals surface area contributed by atoms with E-state index in [4.69, 9.17) is 9.47 Å². The van der Waals surface area contributed by atoms with Crippen molar-refractivity contribution in [1.82, 2.24) is 14.4 Å². The van der Waals surface area contributed by atoms with E-state index >= 15 is 0 Å². The molecule has 0 spiro atoms. The molecule has 7 heteroatoms. The molecule has 4 rings (SSSR count).